The number of allylic oxidation sites excluding steroid dienone is 1. The molecular formula is C47H90O8Si3. The van der Waals surface area contributed by atoms with Crippen molar-refractivity contribution >= 4 is 30.9 Å². The van der Waals surface area contributed by atoms with E-state index >= 15 is 0 Å². The summed E-state index contributed by atoms with van der Waals surface area (Å²) in [7, 11) is -4.09. The largest absolute Gasteiger partial charge is 0.483 e. The highest BCUT2D eigenvalue weighted by atomic mass is 28.4. The Balaban J connectivity index is 2.44. The highest BCUT2D eigenvalue weighted by molar-refractivity contribution is 6.74. The fourth-order valence-electron chi connectivity index (χ4n) is 9.29. The van der Waals surface area contributed by atoms with Gasteiger partial charge in [-0.3, -0.25) is 4.79 Å². The predicted molar refractivity (Wildman–Crippen MR) is 250 cm³/mol. The third-order valence-electron chi connectivity index (χ3n) is 14.8. The summed E-state index contributed by atoms with van der Waals surface area (Å²) in [6.07, 6.45) is 9.35. The number of hydrogen-bond acceptors (Lipinski definition) is 8. The maximum atomic E-state index is 13.9. The zero-order valence-electron chi connectivity index (χ0n) is 40.3. The molecule has 0 radical (unpaired) electrons. The summed E-state index contributed by atoms with van der Waals surface area (Å²) in [5.74, 6) is 0.703. The monoisotopic (exact) mass is 867 g/mol. The summed E-state index contributed by atoms with van der Waals surface area (Å²) in [5, 5.41) is 11.4. The zero-order valence-corrected chi connectivity index (χ0v) is 43.3. The van der Waals surface area contributed by atoms with Gasteiger partial charge in [-0.1, -0.05) is 94.4 Å². The van der Waals surface area contributed by atoms with Gasteiger partial charge in [0.25, 0.3) is 0 Å². The van der Waals surface area contributed by atoms with Gasteiger partial charge in [-0.25, -0.2) is 0 Å². The summed E-state index contributed by atoms with van der Waals surface area (Å²) < 4.78 is 40.0. The molecule has 0 saturated carbocycles. The first-order valence-corrected chi connectivity index (χ1v) is 31.1. The molecule has 1 saturated heterocycles. The number of cyclic esters (lactones) is 1. The molecule has 0 bridgehead atoms. The molecule has 0 amide bonds. The van der Waals surface area contributed by atoms with Gasteiger partial charge in [-0.05, 0) is 125 Å². The molecule has 2 aliphatic rings. The normalized spacial score (nSPS) is 28.4. The lowest BCUT2D eigenvalue weighted by molar-refractivity contribution is -0.151. The van der Waals surface area contributed by atoms with E-state index in [9.17, 15) is 9.90 Å². The second-order valence-electron chi connectivity index (χ2n) is 18.2. The molecule has 0 aromatic rings. The first-order chi connectivity index (χ1) is 27.3. The van der Waals surface area contributed by atoms with Crippen LogP contribution in [-0.2, 0) is 32.3 Å². The van der Waals surface area contributed by atoms with Gasteiger partial charge in [0.2, 0.25) is 0 Å². The number of epoxide rings is 1. The van der Waals surface area contributed by atoms with E-state index in [0.717, 1.165) is 91.4 Å². The molecule has 338 valence electrons. The van der Waals surface area contributed by atoms with E-state index in [1.807, 2.05) is 19.1 Å². The molecule has 2 rings (SSSR count). The van der Waals surface area contributed by atoms with Crippen molar-refractivity contribution in [2.75, 3.05) is 7.11 Å². The number of aliphatic hydroxyl groups excluding tert-OH is 1. The van der Waals surface area contributed by atoms with Gasteiger partial charge < -0.3 is 32.6 Å². The average molecular weight is 867 g/mol. The molecule has 8 atom stereocenters. The molecule has 0 spiro atoms. The van der Waals surface area contributed by atoms with E-state index in [-0.39, 0.29) is 42.2 Å². The van der Waals surface area contributed by atoms with E-state index in [2.05, 4.69) is 103 Å². The predicted octanol–water partition coefficient (Wildman–Crippen LogP) is 12.8. The number of ether oxygens (including phenoxy) is 3. The van der Waals surface area contributed by atoms with Crippen LogP contribution < -0.4 is 0 Å². The Kier molecular flexibility index (Phi) is 21.9. The molecule has 8 unspecified atom stereocenters. The number of aliphatic hydroxyl groups is 1. The van der Waals surface area contributed by atoms with Crippen LogP contribution in [0.3, 0.4) is 0 Å². The summed E-state index contributed by atoms with van der Waals surface area (Å²) >= 11 is 0. The molecule has 2 aliphatic heterocycles. The third kappa shape index (κ3) is 14.2. The molecular weight excluding hydrogens is 777 g/mol. The second-order valence-corrected chi connectivity index (χ2v) is 32.4. The molecule has 1 fully saturated rings. The van der Waals surface area contributed by atoms with Crippen LogP contribution in [0.4, 0.5) is 0 Å². The number of carbonyl (C=O) groups is 1. The number of carbonyl (C=O) groups excluding carboxylic acids is 1. The van der Waals surface area contributed by atoms with E-state index in [1.54, 1.807) is 7.11 Å². The number of esters is 1. The van der Waals surface area contributed by atoms with Crippen molar-refractivity contribution in [3.05, 3.63) is 35.1 Å². The van der Waals surface area contributed by atoms with E-state index < -0.39 is 42.8 Å². The van der Waals surface area contributed by atoms with Gasteiger partial charge in [0.1, 0.15) is 18.0 Å². The van der Waals surface area contributed by atoms with Crippen LogP contribution in [0.1, 0.15) is 149 Å². The SMILES string of the molecule is CCC(O[Si](CC)(CC)CC)C(C)=C1OC1CC(C)(CC/C=C(\C)C1OC(=O)CC(O[Si](CC)(CC)CC)CCC(C)(OC)C(O)/C=C/C1C)O[Si](CC)(CC)CC. The highest BCUT2D eigenvalue weighted by Crippen LogP contribution is 2.44. The average Bonchev–Trinajstić information content (AvgIpc) is 4.00. The quantitative estimate of drug-likeness (QED) is 0.0444. The summed E-state index contributed by atoms with van der Waals surface area (Å²) in [4.78, 5) is 13.9. The minimum atomic E-state index is -2.01. The highest BCUT2D eigenvalue weighted by Gasteiger charge is 2.47. The first-order valence-electron chi connectivity index (χ1n) is 23.6. The Labute approximate surface area is 360 Å². The van der Waals surface area contributed by atoms with Crippen LogP contribution in [0.25, 0.3) is 0 Å². The van der Waals surface area contributed by atoms with Gasteiger partial charge >= 0.3 is 5.97 Å². The molecule has 0 aliphatic carbocycles. The Morgan fingerprint density at radius 3 is 1.95 bits per heavy atom. The van der Waals surface area contributed by atoms with Crippen molar-refractivity contribution in [1.29, 1.82) is 0 Å². The molecule has 0 aromatic heterocycles. The smallest absolute Gasteiger partial charge is 0.308 e. The molecule has 0 aromatic carbocycles. The molecule has 2 heterocycles. The lowest BCUT2D eigenvalue weighted by Gasteiger charge is -2.40. The third-order valence-corrected chi connectivity index (χ3v) is 28.9. The van der Waals surface area contributed by atoms with Gasteiger partial charge in [-0.2, -0.15) is 0 Å². The van der Waals surface area contributed by atoms with Gasteiger partial charge in [0.15, 0.2) is 31.1 Å². The fraction of sp³-hybridized carbons (Fsp3) is 0.851. The Morgan fingerprint density at radius 1 is 0.897 bits per heavy atom. The number of rotatable bonds is 24. The Hall–Kier alpha value is -1.06. The van der Waals surface area contributed by atoms with Crippen LogP contribution in [0.2, 0.25) is 54.4 Å². The van der Waals surface area contributed by atoms with Crippen LogP contribution in [0, 0.1) is 5.92 Å². The summed E-state index contributed by atoms with van der Waals surface area (Å²) in [6.45, 7) is 33.2. The van der Waals surface area contributed by atoms with Crippen molar-refractivity contribution in [3.8, 4) is 0 Å². The van der Waals surface area contributed by atoms with Crippen molar-refractivity contribution in [2.24, 2.45) is 5.92 Å². The molecule has 1 N–H and O–H groups in total. The van der Waals surface area contributed by atoms with E-state index in [0.29, 0.717) is 12.8 Å². The van der Waals surface area contributed by atoms with Gasteiger partial charge in [0.05, 0.1) is 29.8 Å². The lowest BCUT2D eigenvalue weighted by Crippen LogP contribution is -2.46. The fourth-order valence-corrected chi connectivity index (χ4v) is 18.3. The minimum absolute atomic E-state index is 0.0395. The molecule has 58 heavy (non-hydrogen) atoms. The van der Waals surface area contributed by atoms with Crippen molar-refractivity contribution in [1.82, 2.24) is 0 Å². The lowest BCUT2D eigenvalue weighted by atomic mass is 9.88. The topological polar surface area (TPSA) is 96.0 Å². The molecule has 11 heteroatoms. The van der Waals surface area contributed by atoms with Gasteiger partial charge in [-0.15, -0.1) is 0 Å². The summed E-state index contributed by atoms with van der Waals surface area (Å²) in [6, 6.07) is 9.65. The Bertz CT molecular complexity index is 1310. The van der Waals surface area contributed by atoms with Crippen LogP contribution >= 0.6 is 0 Å². The maximum absolute atomic E-state index is 13.9. The van der Waals surface area contributed by atoms with E-state index in [1.165, 1.54) is 5.57 Å². The molecule has 8 nitrogen and oxygen atoms in total. The van der Waals surface area contributed by atoms with Crippen molar-refractivity contribution in [3.63, 3.8) is 0 Å². The zero-order chi connectivity index (χ0) is 44.0. The van der Waals surface area contributed by atoms with Crippen LogP contribution in [0.15, 0.2) is 35.1 Å². The van der Waals surface area contributed by atoms with Crippen LogP contribution in [0.5, 0.6) is 0 Å². The standard InChI is InChI=1S/C47H90O8Si3/c1-17-40(54-57(21-5,22-6)23-7)38(13)45-41(51-45)35-46(14,55-58(24-8,25-9)26-10)32-27-28-36(11)44-37(12)29-30-42(48)47(15,50-16)33-31-39(34-43(49)52-44)53-56(18-2,19-3)20-4/h28-30,37,39-42,44,48H,17-27,31-35H2,1-16H3/b30-29+,36-28+,45-38?. The first kappa shape index (κ1) is 53.1. The number of methoxy groups -OCH3 is 1. The van der Waals surface area contributed by atoms with Crippen molar-refractivity contribution < 1.29 is 37.4 Å². The second kappa shape index (κ2) is 24.0. The van der Waals surface area contributed by atoms with Gasteiger partial charge in [0, 0.05) is 19.4 Å². The maximum Gasteiger partial charge on any atom is 0.308 e. The number of hydrogen-bond donors (Lipinski definition) is 1. The Morgan fingerprint density at radius 2 is 1.45 bits per heavy atom. The van der Waals surface area contributed by atoms with E-state index in [4.69, 9.17) is 27.5 Å². The van der Waals surface area contributed by atoms with Crippen LogP contribution in [-0.4, -0.2) is 84.9 Å². The summed E-state index contributed by atoms with van der Waals surface area (Å²) in [5.41, 5.74) is 1.08. The minimum Gasteiger partial charge on any atom is -0.483 e. The van der Waals surface area contributed by atoms with Crippen molar-refractivity contribution in [2.45, 2.75) is 245 Å².